The van der Waals surface area contributed by atoms with Crippen molar-refractivity contribution >= 4 is 11.5 Å². The first-order chi connectivity index (χ1) is 6.38. The Balaban J connectivity index is 1.84. The van der Waals surface area contributed by atoms with Gasteiger partial charge in [-0.3, -0.25) is 0 Å². The average Bonchev–Trinajstić information content (AvgIpc) is 2.76. The minimum absolute atomic E-state index is 0.733. The van der Waals surface area contributed by atoms with E-state index in [0.717, 1.165) is 18.4 Å². The lowest BCUT2D eigenvalue weighted by atomic mass is 10.0. The summed E-state index contributed by atoms with van der Waals surface area (Å²) in [6.07, 6.45) is 5.07. The van der Waals surface area contributed by atoms with E-state index >= 15 is 0 Å². The molecule has 4 heteroatoms. The fraction of sp³-hybridized carbons (Fsp3) is 0.778. The van der Waals surface area contributed by atoms with Gasteiger partial charge in [0.15, 0.2) is 0 Å². The summed E-state index contributed by atoms with van der Waals surface area (Å²) < 4.78 is 3.88. The molecular formula is C9H15N3S. The van der Waals surface area contributed by atoms with Crippen LogP contribution in [0.2, 0.25) is 0 Å². The molecule has 1 fully saturated rings. The van der Waals surface area contributed by atoms with E-state index in [9.17, 15) is 0 Å². The van der Waals surface area contributed by atoms with Gasteiger partial charge in [-0.2, -0.15) is 0 Å². The number of hydrogen-bond acceptors (Lipinski definition) is 4. The summed E-state index contributed by atoms with van der Waals surface area (Å²) >= 11 is 1.45. The van der Waals surface area contributed by atoms with Gasteiger partial charge in [-0.05, 0) is 50.2 Å². The van der Waals surface area contributed by atoms with Crippen LogP contribution in [-0.4, -0.2) is 22.7 Å². The molecule has 1 aromatic rings. The van der Waals surface area contributed by atoms with Crippen LogP contribution >= 0.6 is 11.5 Å². The van der Waals surface area contributed by atoms with Crippen LogP contribution in [0.4, 0.5) is 0 Å². The van der Waals surface area contributed by atoms with Gasteiger partial charge in [0.25, 0.3) is 0 Å². The van der Waals surface area contributed by atoms with Gasteiger partial charge in [-0.1, -0.05) is 4.49 Å². The van der Waals surface area contributed by atoms with Crippen LogP contribution in [0.15, 0.2) is 5.38 Å². The number of nitrogens with zero attached hydrogens (tertiary/aromatic N) is 2. The van der Waals surface area contributed by atoms with E-state index in [1.54, 1.807) is 0 Å². The number of hydrogen-bond donors (Lipinski definition) is 1. The van der Waals surface area contributed by atoms with Crippen molar-refractivity contribution < 1.29 is 0 Å². The highest BCUT2D eigenvalue weighted by Crippen LogP contribution is 2.27. The molecule has 0 spiro atoms. The Morgan fingerprint density at radius 3 is 3.15 bits per heavy atom. The normalized spacial score (nSPS) is 28.1. The van der Waals surface area contributed by atoms with Gasteiger partial charge in [-0.25, -0.2) is 0 Å². The van der Waals surface area contributed by atoms with Gasteiger partial charge in [-0.15, -0.1) is 5.10 Å². The lowest BCUT2D eigenvalue weighted by Crippen LogP contribution is -2.21. The summed E-state index contributed by atoms with van der Waals surface area (Å²) in [4.78, 5) is 0. The molecule has 2 atom stereocenters. The highest BCUT2D eigenvalue weighted by Gasteiger charge is 2.23. The van der Waals surface area contributed by atoms with Gasteiger partial charge in [0.2, 0.25) is 0 Å². The quantitative estimate of drug-likeness (QED) is 0.797. The Morgan fingerprint density at radius 1 is 1.62 bits per heavy atom. The second kappa shape index (κ2) is 4.15. The Kier molecular flexibility index (Phi) is 2.90. The molecule has 0 aromatic carbocycles. The standard InChI is InChI=1S/C9H15N3S/c1-10-8-3-2-7(4-8)5-9-6-13-12-11-9/h6-8,10H,2-5H2,1H3. The minimum atomic E-state index is 0.733. The first kappa shape index (κ1) is 9.09. The molecule has 72 valence electrons. The van der Waals surface area contributed by atoms with E-state index in [-0.39, 0.29) is 0 Å². The SMILES string of the molecule is CNC1CCC(Cc2csnn2)C1. The van der Waals surface area contributed by atoms with E-state index in [0.29, 0.717) is 0 Å². The van der Waals surface area contributed by atoms with Crippen LogP contribution in [-0.2, 0) is 6.42 Å². The number of rotatable bonds is 3. The summed E-state index contributed by atoms with van der Waals surface area (Å²) in [7, 11) is 2.05. The molecule has 0 aliphatic heterocycles. The Morgan fingerprint density at radius 2 is 2.54 bits per heavy atom. The van der Waals surface area contributed by atoms with Crippen molar-refractivity contribution in [3.63, 3.8) is 0 Å². The average molecular weight is 197 g/mol. The zero-order chi connectivity index (χ0) is 9.10. The summed E-state index contributed by atoms with van der Waals surface area (Å²) in [5.74, 6) is 0.821. The van der Waals surface area contributed by atoms with Crippen LogP contribution in [0.25, 0.3) is 0 Å². The molecule has 2 rings (SSSR count). The molecule has 13 heavy (non-hydrogen) atoms. The number of aromatic nitrogens is 2. The molecule has 1 saturated carbocycles. The zero-order valence-corrected chi connectivity index (χ0v) is 8.68. The molecule has 1 N–H and O–H groups in total. The summed E-state index contributed by atoms with van der Waals surface area (Å²) in [6.45, 7) is 0. The van der Waals surface area contributed by atoms with Crippen LogP contribution < -0.4 is 5.32 Å². The van der Waals surface area contributed by atoms with Crippen molar-refractivity contribution in [2.75, 3.05) is 7.05 Å². The molecule has 0 radical (unpaired) electrons. The Labute approximate surface area is 82.7 Å². The lowest BCUT2D eigenvalue weighted by molar-refractivity contribution is 0.505. The molecule has 1 aliphatic rings. The molecule has 1 aliphatic carbocycles. The van der Waals surface area contributed by atoms with Crippen LogP contribution in [0.5, 0.6) is 0 Å². The van der Waals surface area contributed by atoms with Gasteiger partial charge in [0, 0.05) is 11.4 Å². The summed E-state index contributed by atoms with van der Waals surface area (Å²) in [6, 6.07) is 0.733. The van der Waals surface area contributed by atoms with E-state index in [2.05, 4.69) is 27.3 Å². The van der Waals surface area contributed by atoms with E-state index < -0.39 is 0 Å². The number of nitrogens with one attached hydrogen (secondary N) is 1. The predicted molar refractivity (Wildman–Crippen MR) is 53.8 cm³/mol. The lowest BCUT2D eigenvalue weighted by Gasteiger charge is -2.08. The fourth-order valence-electron chi connectivity index (χ4n) is 2.09. The van der Waals surface area contributed by atoms with Crippen molar-refractivity contribution in [3.05, 3.63) is 11.1 Å². The smallest absolute Gasteiger partial charge is 0.0758 e. The topological polar surface area (TPSA) is 37.8 Å². The molecule has 0 saturated heterocycles. The van der Waals surface area contributed by atoms with Gasteiger partial charge in [0.1, 0.15) is 0 Å². The molecule has 1 heterocycles. The van der Waals surface area contributed by atoms with E-state index in [4.69, 9.17) is 0 Å². The first-order valence-electron chi connectivity index (χ1n) is 4.81. The van der Waals surface area contributed by atoms with Gasteiger partial charge in [0.05, 0.1) is 5.69 Å². The third kappa shape index (κ3) is 2.25. The largest absolute Gasteiger partial charge is 0.317 e. The molecule has 0 bridgehead atoms. The zero-order valence-electron chi connectivity index (χ0n) is 7.86. The second-order valence-corrected chi connectivity index (χ2v) is 4.37. The van der Waals surface area contributed by atoms with Crippen LogP contribution in [0.1, 0.15) is 25.0 Å². The summed E-state index contributed by atoms with van der Waals surface area (Å²) in [5.41, 5.74) is 1.17. The van der Waals surface area contributed by atoms with Crippen molar-refractivity contribution in [1.29, 1.82) is 0 Å². The fourth-order valence-corrected chi connectivity index (χ4v) is 2.56. The molecule has 0 amide bonds. The first-order valence-corrected chi connectivity index (χ1v) is 5.65. The van der Waals surface area contributed by atoms with E-state index in [1.165, 1.54) is 36.5 Å². The Bertz CT molecular complexity index is 247. The molecule has 3 nitrogen and oxygen atoms in total. The maximum Gasteiger partial charge on any atom is 0.0758 e. The van der Waals surface area contributed by atoms with Crippen molar-refractivity contribution in [1.82, 2.24) is 14.9 Å². The highest BCUT2D eigenvalue weighted by atomic mass is 32.1. The third-order valence-corrected chi connectivity index (χ3v) is 3.41. The molecule has 2 unspecified atom stereocenters. The molecular weight excluding hydrogens is 182 g/mol. The summed E-state index contributed by atoms with van der Waals surface area (Å²) in [5, 5.41) is 9.48. The van der Waals surface area contributed by atoms with Gasteiger partial charge < -0.3 is 5.32 Å². The second-order valence-electron chi connectivity index (χ2n) is 3.77. The van der Waals surface area contributed by atoms with Crippen molar-refractivity contribution in [3.8, 4) is 0 Å². The third-order valence-electron chi connectivity index (χ3n) is 2.85. The maximum absolute atomic E-state index is 4.08. The Hall–Kier alpha value is -0.480. The predicted octanol–water partition coefficient (Wildman–Crippen LogP) is 1.47. The van der Waals surface area contributed by atoms with Crippen LogP contribution in [0, 0.1) is 5.92 Å². The van der Waals surface area contributed by atoms with Crippen molar-refractivity contribution in [2.24, 2.45) is 5.92 Å². The minimum Gasteiger partial charge on any atom is -0.317 e. The monoisotopic (exact) mass is 197 g/mol. The molecule has 1 aromatic heterocycles. The highest BCUT2D eigenvalue weighted by molar-refractivity contribution is 7.03. The van der Waals surface area contributed by atoms with E-state index in [1.807, 2.05) is 0 Å². The van der Waals surface area contributed by atoms with Crippen molar-refractivity contribution in [2.45, 2.75) is 31.7 Å². The maximum atomic E-state index is 4.08. The van der Waals surface area contributed by atoms with Gasteiger partial charge >= 0.3 is 0 Å². The van der Waals surface area contributed by atoms with Crippen LogP contribution in [0.3, 0.4) is 0 Å².